The van der Waals surface area contributed by atoms with Gasteiger partial charge < -0.3 is 19.7 Å². The van der Waals surface area contributed by atoms with Gasteiger partial charge in [-0.1, -0.05) is 20.8 Å². The maximum Gasteiger partial charge on any atom is 0.326 e. The Bertz CT molecular complexity index is 540. The van der Waals surface area contributed by atoms with Crippen LogP contribution >= 0.6 is 0 Å². The Morgan fingerprint density at radius 1 is 1.13 bits per heavy atom. The van der Waals surface area contributed by atoms with Gasteiger partial charge in [-0.3, -0.25) is 10.1 Å². The summed E-state index contributed by atoms with van der Waals surface area (Å²) >= 11 is 0. The molecule has 3 N–H and O–H groups in total. The summed E-state index contributed by atoms with van der Waals surface area (Å²) in [6, 6.07) is 3.85. The van der Waals surface area contributed by atoms with E-state index in [9.17, 15) is 15.0 Å². The third-order valence-electron chi connectivity index (χ3n) is 3.92. The third kappa shape index (κ3) is 4.36. The second-order valence-electron chi connectivity index (χ2n) is 6.76. The zero-order chi connectivity index (χ0) is 17.8. The van der Waals surface area contributed by atoms with Gasteiger partial charge in [0.15, 0.2) is 0 Å². The van der Waals surface area contributed by atoms with Crippen molar-refractivity contribution < 1.29 is 24.5 Å². The first-order chi connectivity index (χ1) is 10.6. The fraction of sp³-hybridized carbons (Fsp3) is 0.588. The van der Waals surface area contributed by atoms with Crippen LogP contribution in [-0.4, -0.2) is 42.5 Å². The number of carboxylic acids is 1. The van der Waals surface area contributed by atoms with E-state index in [2.05, 4.69) is 26.1 Å². The van der Waals surface area contributed by atoms with Gasteiger partial charge >= 0.3 is 5.97 Å². The van der Waals surface area contributed by atoms with Crippen LogP contribution in [0.15, 0.2) is 12.1 Å². The number of methoxy groups -OCH3 is 2. The van der Waals surface area contributed by atoms with E-state index in [4.69, 9.17) is 9.47 Å². The molecule has 0 saturated carbocycles. The van der Waals surface area contributed by atoms with Crippen molar-refractivity contribution in [1.29, 1.82) is 0 Å². The molecule has 23 heavy (non-hydrogen) atoms. The third-order valence-corrected chi connectivity index (χ3v) is 3.92. The first-order valence-electron chi connectivity index (χ1n) is 7.43. The van der Waals surface area contributed by atoms with Gasteiger partial charge in [0.2, 0.25) is 0 Å². The Kier molecular flexibility index (Phi) is 6.02. The van der Waals surface area contributed by atoms with Gasteiger partial charge in [0, 0.05) is 12.1 Å². The normalized spacial score (nSPS) is 14.2. The lowest BCUT2D eigenvalue weighted by molar-refractivity contribution is -0.145. The Morgan fingerprint density at radius 3 is 1.91 bits per heavy atom. The van der Waals surface area contributed by atoms with Crippen molar-refractivity contribution in [2.75, 3.05) is 20.8 Å². The smallest absolute Gasteiger partial charge is 0.326 e. The summed E-state index contributed by atoms with van der Waals surface area (Å²) in [5.41, 5.74) is 0.258. The summed E-state index contributed by atoms with van der Waals surface area (Å²) in [5.74, 6) is 0.115. The van der Waals surface area contributed by atoms with Crippen molar-refractivity contribution in [2.24, 2.45) is 0 Å². The fourth-order valence-electron chi connectivity index (χ4n) is 2.07. The summed E-state index contributed by atoms with van der Waals surface area (Å²) in [6.45, 7) is 7.37. The van der Waals surface area contributed by atoms with Gasteiger partial charge in [-0.05, 0) is 30.0 Å². The van der Waals surface area contributed by atoms with Gasteiger partial charge in [-0.25, -0.2) is 0 Å². The van der Waals surface area contributed by atoms with E-state index in [1.165, 1.54) is 6.92 Å². The van der Waals surface area contributed by atoms with Crippen molar-refractivity contribution in [3.63, 3.8) is 0 Å². The second-order valence-corrected chi connectivity index (χ2v) is 6.76. The number of hydrogen-bond donors (Lipinski definition) is 3. The lowest BCUT2D eigenvalue weighted by Crippen LogP contribution is -2.52. The highest BCUT2D eigenvalue weighted by Gasteiger charge is 2.32. The van der Waals surface area contributed by atoms with Crippen LogP contribution < -0.4 is 14.8 Å². The van der Waals surface area contributed by atoms with Crippen LogP contribution in [0.4, 0.5) is 0 Å². The SMILES string of the molecule is COc1cc(C(C)(C)C)cc(OC)c1CN[C@](C)(CO)C(=O)O. The number of aliphatic hydroxyl groups excluding tert-OH is 1. The molecule has 0 bridgehead atoms. The molecule has 0 unspecified atom stereocenters. The van der Waals surface area contributed by atoms with Crippen LogP contribution in [0.2, 0.25) is 0 Å². The first-order valence-corrected chi connectivity index (χ1v) is 7.43. The number of rotatable bonds is 7. The average Bonchev–Trinajstić information content (AvgIpc) is 2.50. The fourth-order valence-corrected chi connectivity index (χ4v) is 2.07. The van der Waals surface area contributed by atoms with Crippen molar-refractivity contribution in [3.05, 3.63) is 23.3 Å². The largest absolute Gasteiger partial charge is 0.496 e. The summed E-state index contributed by atoms with van der Waals surface area (Å²) < 4.78 is 10.9. The molecule has 0 aliphatic heterocycles. The Hall–Kier alpha value is -1.79. The molecule has 0 heterocycles. The number of hydrogen-bond acceptors (Lipinski definition) is 5. The summed E-state index contributed by atoms with van der Waals surface area (Å²) in [4.78, 5) is 11.3. The molecule has 6 heteroatoms. The van der Waals surface area contributed by atoms with Crippen LogP contribution in [0, 0.1) is 0 Å². The molecule has 0 radical (unpaired) electrons. The van der Waals surface area contributed by atoms with Crippen LogP contribution in [-0.2, 0) is 16.8 Å². The maximum absolute atomic E-state index is 11.3. The number of nitrogens with one attached hydrogen (secondary N) is 1. The zero-order valence-corrected chi connectivity index (χ0v) is 14.7. The molecule has 0 aliphatic rings. The van der Waals surface area contributed by atoms with Crippen LogP contribution in [0.5, 0.6) is 11.5 Å². The number of aliphatic hydroxyl groups is 1. The summed E-state index contributed by atoms with van der Waals surface area (Å²) in [7, 11) is 3.13. The average molecular weight is 325 g/mol. The molecule has 1 aromatic rings. The number of carbonyl (C=O) groups is 1. The summed E-state index contributed by atoms with van der Waals surface area (Å²) in [5, 5.41) is 21.4. The molecule has 130 valence electrons. The molecule has 6 nitrogen and oxygen atoms in total. The maximum atomic E-state index is 11.3. The van der Waals surface area contributed by atoms with Gasteiger partial charge in [0.25, 0.3) is 0 Å². The van der Waals surface area contributed by atoms with Crippen LogP contribution in [0.25, 0.3) is 0 Å². The molecule has 1 atom stereocenters. The topological polar surface area (TPSA) is 88.0 Å². The van der Waals surface area contributed by atoms with Gasteiger partial charge in [0.05, 0.1) is 20.8 Å². The minimum atomic E-state index is -1.43. The molecular formula is C17H27NO5. The molecule has 0 saturated heterocycles. The van der Waals surface area contributed by atoms with E-state index in [-0.39, 0.29) is 12.0 Å². The molecule has 0 spiro atoms. The van der Waals surface area contributed by atoms with Gasteiger partial charge in [0.1, 0.15) is 17.0 Å². The number of carboxylic acid groups (broad SMARTS) is 1. The number of aliphatic carboxylic acids is 1. The monoisotopic (exact) mass is 325 g/mol. The molecule has 0 amide bonds. The van der Waals surface area contributed by atoms with E-state index in [0.29, 0.717) is 17.1 Å². The highest BCUT2D eigenvalue weighted by Crippen LogP contribution is 2.35. The molecule has 0 aliphatic carbocycles. The van der Waals surface area contributed by atoms with Crippen LogP contribution in [0.1, 0.15) is 38.8 Å². The van der Waals surface area contributed by atoms with E-state index in [0.717, 1.165) is 5.56 Å². The Labute approximate surface area is 137 Å². The molecular weight excluding hydrogens is 298 g/mol. The van der Waals surface area contributed by atoms with Crippen LogP contribution in [0.3, 0.4) is 0 Å². The van der Waals surface area contributed by atoms with Gasteiger partial charge in [-0.15, -0.1) is 0 Å². The lowest BCUT2D eigenvalue weighted by atomic mass is 9.86. The molecule has 0 aromatic heterocycles. The Morgan fingerprint density at radius 2 is 1.61 bits per heavy atom. The predicted octanol–water partition coefficient (Wildman–Crippen LogP) is 1.93. The van der Waals surface area contributed by atoms with Crippen molar-refractivity contribution in [3.8, 4) is 11.5 Å². The lowest BCUT2D eigenvalue weighted by Gasteiger charge is -2.26. The van der Waals surface area contributed by atoms with E-state index < -0.39 is 18.1 Å². The van der Waals surface area contributed by atoms with E-state index in [1.807, 2.05) is 12.1 Å². The second kappa shape index (κ2) is 7.19. The first kappa shape index (κ1) is 19.3. The standard InChI is InChI=1S/C17H27NO5/c1-16(2,3)11-7-13(22-5)12(14(8-11)23-6)9-18-17(4,10-19)15(20)21/h7-8,18-19H,9-10H2,1-6H3,(H,20,21)/t17-/m1/s1. The van der Waals surface area contributed by atoms with E-state index >= 15 is 0 Å². The number of benzene rings is 1. The highest BCUT2D eigenvalue weighted by molar-refractivity contribution is 5.78. The van der Waals surface area contributed by atoms with E-state index in [1.54, 1.807) is 14.2 Å². The van der Waals surface area contributed by atoms with Crippen molar-refractivity contribution >= 4 is 5.97 Å². The highest BCUT2D eigenvalue weighted by atomic mass is 16.5. The van der Waals surface area contributed by atoms with Gasteiger partial charge in [-0.2, -0.15) is 0 Å². The van der Waals surface area contributed by atoms with Crippen molar-refractivity contribution in [2.45, 2.75) is 45.2 Å². The Balaban J connectivity index is 3.23. The van der Waals surface area contributed by atoms with Crippen molar-refractivity contribution in [1.82, 2.24) is 5.32 Å². The molecule has 1 aromatic carbocycles. The number of ether oxygens (including phenoxy) is 2. The minimum absolute atomic E-state index is 0.0762. The molecule has 0 fully saturated rings. The predicted molar refractivity (Wildman–Crippen MR) is 88.2 cm³/mol. The minimum Gasteiger partial charge on any atom is -0.496 e. The quantitative estimate of drug-likeness (QED) is 0.710. The summed E-state index contributed by atoms with van der Waals surface area (Å²) in [6.07, 6.45) is 0. The molecule has 1 rings (SSSR count). The zero-order valence-electron chi connectivity index (χ0n) is 14.7.